The Kier molecular flexibility index (Phi) is 2.90. The predicted octanol–water partition coefficient (Wildman–Crippen LogP) is 1.65. The van der Waals surface area contributed by atoms with Crippen LogP contribution >= 0.6 is 9.24 Å². The zero-order valence-electron chi connectivity index (χ0n) is 8.13. The summed E-state index contributed by atoms with van der Waals surface area (Å²) in [6, 6.07) is 0.467. The Morgan fingerprint density at radius 2 is 2.17 bits per heavy atom. The molecule has 1 rings (SSSR count). The normalized spacial score (nSPS) is 31.4. The molecule has 0 saturated carbocycles. The largest absolute Gasteiger partial charge is 0.298 e. The Morgan fingerprint density at radius 3 is 2.50 bits per heavy atom. The number of hydrogen-bond donors (Lipinski definition) is 0. The number of nitrogens with zero attached hydrogens (tertiary/aromatic N) is 1. The maximum Gasteiger partial charge on any atom is 0.153 e. The number of hydrogen-bond acceptors (Lipinski definition) is 2. The van der Waals surface area contributed by atoms with Gasteiger partial charge in [-0.05, 0) is 40.2 Å². The molecule has 0 spiro atoms. The molecule has 0 bridgehead atoms. The highest BCUT2D eigenvalue weighted by Gasteiger charge is 2.41. The molecule has 0 aromatic carbocycles. The number of likely N-dealkylation sites (tertiary alicyclic amines) is 1. The maximum atomic E-state index is 11.4. The van der Waals surface area contributed by atoms with Gasteiger partial charge in [0.05, 0.1) is 5.28 Å². The third-order valence-corrected chi connectivity index (χ3v) is 3.73. The van der Waals surface area contributed by atoms with E-state index in [9.17, 15) is 4.79 Å². The van der Waals surface area contributed by atoms with Crippen LogP contribution in [0.1, 0.15) is 33.6 Å². The van der Waals surface area contributed by atoms with Crippen molar-refractivity contribution in [1.82, 2.24) is 4.90 Å². The molecule has 0 amide bonds. The smallest absolute Gasteiger partial charge is 0.153 e. The molecule has 1 aliphatic heterocycles. The van der Waals surface area contributed by atoms with Crippen LogP contribution in [0.4, 0.5) is 0 Å². The van der Waals surface area contributed by atoms with Crippen LogP contribution in [0, 0.1) is 0 Å². The van der Waals surface area contributed by atoms with Gasteiger partial charge in [-0.2, -0.15) is 0 Å². The van der Waals surface area contributed by atoms with Crippen molar-refractivity contribution in [3.8, 4) is 0 Å². The summed E-state index contributed by atoms with van der Waals surface area (Å²) in [5, 5.41) is -0.256. The topological polar surface area (TPSA) is 20.3 Å². The van der Waals surface area contributed by atoms with Crippen molar-refractivity contribution in [2.45, 2.75) is 44.9 Å². The van der Waals surface area contributed by atoms with E-state index in [0.29, 0.717) is 6.04 Å². The van der Waals surface area contributed by atoms with Crippen LogP contribution in [0.15, 0.2) is 0 Å². The summed E-state index contributed by atoms with van der Waals surface area (Å²) in [5.41, 5.74) is 0. The van der Waals surface area contributed by atoms with Crippen LogP contribution in [-0.2, 0) is 4.79 Å². The van der Waals surface area contributed by atoms with E-state index < -0.39 is 0 Å². The van der Waals surface area contributed by atoms with Gasteiger partial charge in [0.15, 0.2) is 5.78 Å². The minimum absolute atomic E-state index is 0.256. The summed E-state index contributed by atoms with van der Waals surface area (Å²) in [6.45, 7) is 7.04. The van der Waals surface area contributed by atoms with E-state index >= 15 is 0 Å². The molecular formula is C9H18NOP. The second kappa shape index (κ2) is 3.43. The summed E-state index contributed by atoms with van der Waals surface area (Å²) in [5.74, 6) is 0.277. The average Bonchev–Trinajstić information content (AvgIpc) is 2.32. The predicted molar refractivity (Wildman–Crippen MR) is 54.2 cm³/mol. The lowest BCUT2D eigenvalue weighted by molar-refractivity contribution is -0.123. The molecule has 1 aliphatic rings. The van der Waals surface area contributed by atoms with E-state index in [2.05, 4.69) is 28.0 Å². The summed E-state index contributed by atoms with van der Waals surface area (Å²) < 4.78 is 0. The average molecular weight is 187 g/mol. The Hall–Kier alpha value is 0.0600. The summed E-state index contributed by atoms with van der Waals surface area (Å²) in [6.07, 6.45) is 2.13. The van der Waals surface area contributed by atoms with Crippen LogP contribution in [0.3, 0.4) is 0 Å². The lowest BCUT2D eigenvalue weighted by atomic mass is 10.1. The zero-order valence-corrected chi connectivity index (χ0v) is 9.29. The van der Waals surface area contributed by atoms with Gasteiger partial charge in [-0.25, -0.2) is 0 Å². The minimum Gasteiger partial charge on any atom is -0.298 e. The highest BCUT2D eigenvalue weighted by molar-refractivity contribution is 7.21. The van der Waals surface area contributed by atoms with Gasteiger partial charge in [0.2, 0.25) is 0 Å². The number of rotatable bonds is 2. The number of carbonyl (C=O) groups excluding carboxylic acids is 1. The van der Waals surface area contributed by atoms with E-state index in [1.54, 1.807) is 6.92 Å². The van der Waals surface area contributed by atoms with Crippen LogP contribution in [-0.4, -0.2) is 28.5 Å². The Balaban J connectivity index is 2.81. The molecule has 2 atom stereocenters. The van der Waals surface area contributed by atoms with Gasteiger partial charge >= 0.3 is 0 Å². The van der Waals surface area contributed by atoms with Crippen molar-refractivity contribution in [2.24, 2.45) is 0 Å². The van der Waals surface area contributed by atoms with E-state index in [1.165, 1.54) is 0 Å². The van der Waals surface area contributed by atoms with Gasteiger partial charge in [0.1, 0.15) is 0 Å². The van der Waals surface area contributed by atoms with Crippen molar-refractivity contribution < 1.29 is 4.79 Å². The van der Waals surface area contributed by atoms with Crippen molar-refractivity contribution in [3.63, 3.8) is 0 Å². The second-order valence-electron chi connectivity index (χ2n) is 3.87. The van der Waals surface area contributed by atoms with E-state index in [0.717, 1.165) is 19.4 Å². The van der Waals surface area contributed by atoms with E-state index in [1.807, 2.05) is 0 Å². The van der Waals surface area contributed by atoms with Crippen LogP contribution in [0.5, 0.6) is 0 Å². The first kappa shape index (κ1) is 10.1. The quantitative estimate of drug-likeness (QED) is 0.613. The molecule has 1 saturated heterocycles. The molecule has 3 heteroatoms. The molecule has 0 aromatic rings. The molecular weight excluding hydrogens is 169 g/mol. The molecule has 0 radical (unpaired) electrons. The van der Waals surface area contributed by atoms with Crippen molar-refractivity contribution >= 4 is 15.0 Å². The van der Waals surface area contributed by atoms with Crippen molar-refractivity contribution in [2.75, 3.05) is 6.54 Å². The van der Waals surface area contributed by atoms with Gasteiger partial charge in [-0.15, -0.1) is 9.24 Å². The summed E-state index contributed by atoms with van der Waals surface area (Å²) in [7, 11) is 2.73. The van der Waals surface area contributed by atoms with Crippen molar-refractivity contribution in [1.29, 1.82) is 0 Å². The number of Topliss-reactive ketones (excluding diaryl/α,β-unsaturated/α-hetero) is 1. The number of carbonyl (C=O) groups is 1. The fourth-order valence-corrected chi connectivity index (χ4v) is 2.59. The van der Waals surface area contributed by atoms with Crippen LogP contribution < -0.4 is 0 Å². The Bertz CT molecular complexity index is 193. The molecule has 2 unspecified atom stereocenters. The first-order chi connectivity index (χ1) is 5.48. The van der Waals surface area contributed by atoms with Crippen LogP contribution in [0.25, 0.3) is 0 Å². The fourth-order valence-electron chi connectivity index (χ4n) is 1.96. The molecule has 2 nitrogen and oxygen atoms in total. The van der Waals surface area contributed by atoms with E-state index in [-0.39, 0.29) is 11.1 Å². The first-order valence-electron chi connectivity index (χ1n) is 4.55. The Labute approximate surface area is 76.9 Å². The second-order valence-corrected chi connectivity index (χ2v) is 4.83. The third kappa shape index (κ3) is 1.55. The van der Waals surface area contributed by atoms with Gasteiger partial charge in [0, 0.05) is 6.04 Å². The van der Waals surface area contributed by atoms with E-state index in [4.69, 9.17) is 0 Å². The molecule has 1 fully saturated rings. The van der Waals surface area contributed by atoms with Crippen molar-refractivity contribution in [3.05, 3.63) is 0 Å². The zero-order chi connectivity index (χ0) is 9.35. The fraction of sp³-hybridized carbons (Fsp3) is 0.889. The summed E-state index contributed by atoms with van der Waals surface area (Å²) in [4.78, 5) is 13.7. The third-order valence-electron chi connectivity index (χ3n) is 2.70. The molecule has 70 valence electrons. The lowest BCUT2D eigenvalue weighted by Crippen LogP contribution is -2.47. The van der Waals surface area contributed by atoms with Gasteiger partial charge in [-0.3, -0.25) is 9.69 Å². The number of ketones is 1. The van der Waals surface area contributed by atoms with Gasteiger partial charge in [-0.1, -0.05) is 0 Å². The molecule has 12 heavy (non-hydrogen) atoms. The minimum atomic E-state index is -0.256. The standard InChI is InChI=1S/C9H18NOP/c1-7(2)10-6-4-5-9(10,12)8(3)11/h7H,4-6,12H2,1-3H3. The first-order valence-corrected chi connectivity index (χ1v) is 5.13. The lowest BCUT2D eigenvalue weighted by Gasteiger charge is -2.35. The molecule has 0 N–H and O–H groups in total. The maximum absolute atomic E-state index is 11.4. The molecule has 0 aromatic heterocycles. The van der Waals surface area contributed by atoms with Gasteiger partial charge in [0.25, 0.3) is 0 Å². The molecule has 0 aliphatic carbocycles. The summed E-state index contributed by atoms with van der Waals surface area (Å²) >= 11 is 0. The SMILES string of the molecule is CC(=O)C1(P)CCCN1C(C)C. The monoisotopic (exact) mass is 187 g/mol. The highest BCUT2D eigenvalue weighted by atomic mass is 31.0. The Morgan fingerprint density at radius 1 is 1.58 bits per heavy atom. The van der Waals surface area contributed by atoms with Crippen LogP contribution in [0.2, 0.25) is 0 Å². The highest BCUT2D eigenvalue weighted by Crippen LogP contribution is 2.37. The van der Waals surface area contributed by atoms with Gasteiger partial charge < -0.3 is 0 Å². The molecule has 1 heterocycles.